The van der Waals surface area contributed by atoms with Crippen LogP contribution in [0.15, 0.2) is 23.6 Å². The predicted molar refractivity (Wildman–Crippen MR) is 82.0 cm³/mol. The van der Waals surface area contributed by atoms with E-state index >= 15 is 0 Å². The Morgan fingerprint density at radius 1 is 1.29 bits per heavy atom. The van der Waals surface area contributed by atoms with Crippen LogP contribution in [0.2, 0.25) is 0 Å². The Bertz CT molecular complexity index is 953. The molecule has 3 rings (SSSR count). The summed E-state index contributed by atoms with van der Waals surface area (Å²) in [6, 6.07) is 1.75. The molecule has 0 amide bonds. The van der Waals surface area contributed by atoms with Crippen LogP contribution in [0.25, 0.3) is 17.2 Å². The number of fused-ring (bicyclic) bond motifs is 1. The molecule has 0 bridgehead atoms. The summed E-state index contributed by atoms with van der Waals surface area (Å²) < 4.78 is 25.1. The van der Waals surface area contributed by atoms with Crippen molar-refractivity contribution in [2.45, 2.75) is 5.16 Å². The van der Waals surface area contributed by atoms with Gasteiger partial charge in [-0.1, -0.05) is 0 Å². The molecule has 2 N–H and O–H groups in total. The molecule has 0 radical (unpaired) electrons. The van der Waals surface area contributed by atoms with E-state index < -0.39 is 9.84 Å². The van der Waals surface area contributed by atoms with Crippen molar-refractivity contribution < 1.29 is 8.42 Å². The van der Waals surface area contributed by atoms with Crippen molar-refractivity contribution in [3.05, 3.63) is 22.0 Å². The number of nitrogens with two attached hydrogens (primary N) is 1. The van der Waals surface area contributed by atoms with Crippen LogP contribution in [0.1, 0.15) is 0 Å². The number of halogens is 1. The van der Waals surface area contributed by atoms with E-state index in [0.717, 1.165) is 15.4 Å². The third kappa shape index (κ3) is 2.53. The average Bonchev–Trinajstić information content (AvgIpc) is 2.82. The molecule has 11 heteroatoms. The number of hydrogen-bond acceptors (Lipinski definition) is 8. The summed E-state index contributed by atoms with van der Waals surface area (Å²) in [5.41, 5.74) is 6.46. The third-order valence-corrected chi connectivity index (χ3v) is 4.26. The molecule has 108 valence electrons. The van der Waals surface area contributed by atoms with E-state index in [0.29, 0.717) is 5.82 Å². The molecule has 0 aliphatic rings. The molecule has 3 aromatic heterocycles. The molecule has 0 aliphatic heterocycles. The number of nitrogens with zero attached hydrogens (tertiary/aromatic N) is 6. The lowest BCUT2D eigenvalue weighted by Gasteiger charge is -1.99. The second-order valence-corrected chi connectivity index (χ2v) is 7.21. The van der Waals surface area contributed by atoms with Gasteiger partial charge in [0, 0.05) is 27.8 Å². The number of anilines is 1. The van der Waals surface area contributed by atoms with Crippen LogP contribution in [0, 0.1) is 3.57 Å². The molecule has 0 aromatic carbocycles. The van der Waals surface area contributed by atoms with Gasteiger partial charge < -0.3 is 5.73 Å². The van der Waals surface area contributed by atoms with Gasteiger partial charge in [0.2, 0.25) is 15.8 Å². The zero-order valence-electron chi connectivity index (χ0n) is 10.6. The fraction of sp³-hybridized carbons (Fsp3) is 0.100. The zero-order chi connectivity index (χ0) is 15.2. The van der Waals surface area contributed by atoms with E-state index in [4.69, 9.17) is 5.73 Å². The van der Waals surface area contributed by atoms with Crippen molar-refractivity contribution in [2.24, 2.45) is 0 Å². The minimum absolute atomic E-state index is 0.0746. The Morgan fingerprint density at radius 2 is 2.05 bits per heavy atom. The minimum Gasteiger partial charge on any atom is -0.368 e. The number of hydrogen-bond donors (Lipinski definition) is 1. The summed E-state index contributed by atoms with van der Waals surface area (Å²) in [5, 5.41) is 3.82. The maximum absolute atomic E-state index is 11.5. The highest BCUT2D eigenvalue weighted by molar-refractivity contribution is 14.1. The number of nitrogen functional groups attached to an aromatic ring is 1. The minimum atomic E-state index is -3.58. The van der Waals surface area contributed by atoms with Crippen LogP contribution < -0.4 is 5.73 Å². The van der Waals surface area contributed by atoms with Gasteiger partial charge >= 0.3 is 0 Å². The standard InChI is InChI=1S/C10H8IN7O2S/c1-21(19,20)10-15-8(12)18-9(16-10)14-7(17-18)5-2-3-13-4-6(5)11/h2-4H,1H3,(H2,12,14,15,16,17). The number of aromatic nitrogens is 6. The summed E-state index contributed by atoms with van der Waals surface area (Å²) in [6.45, 7) is 0. The molecule has 0 fully saturated rings. The van der Waals surface area contributed by atoms with Crippen LogP contribution in [-0.4, -0.2) is 44.2 Å². The Kier molecular flexibility index (Phi) is 3.24. The van der Waals surface area contributed by atoms with Gasteiger partial charge in [-0.3, -0.25) is 4.98 Å². The summed E-state index contributed by atoms with van der Waals surface area (Å²) in [5.74, 6) is 0.349. The molecule has 0 unspecified atom stereocenters. The second kappa shape index (κ2) is 4.84. The molecule has 21 heavy (non-hydrogen) atoms. The summed E-state index contributed by atoms with van der Waals surface area (Å²) >= 11 is 2.10. The van der Waals surface area contributed by atoms with Gasteiger partial charge in [-0.05, 0) is 28.7 Å². The monoisotopic (exact) mass is 417 g/mol. The topological polar surface area (TPSA) is 129 Å². The molecule has 0 spiro atoms. The van der Waals surface area contributed by atoms with E-state index in [-0.39, 0.29) is 16.9 Å². The maximum atomic E-state index is 11.5. The van der Waals surface area contributed by atoms with E-state index in [1.54, 1.807) is 18.5 Å². The van der Waals surface area contributed by atoms with Crippen LogP contribution in [-0.2, 0) is 9.84 Å². The molecular formula is C10H8IN7O2S. The van der Waals surface area contributed by atoms with Gasteiger partial charge in [0.05, 0.1) is 0 Å². The first kappa shape index (κ1) is 14.1. The van der Waals surface area contributed by atoms with Crippen molar-refractivity contribution >= 4 is 44.2 Å². The van der Waals surface area contributed by atoms with Crippen molar-refractivity contribution in [1.82, 2.24) is 29.5 Å². The smallest absolute Gasteiger partial charge is 0.258 e. The van der Waals surface area contributed by atoms with Crippen LogP contribution in [0.4, 0.5) is 5.95 Å². The summed E-state index contributed by atoms with van der Waals surface area (Å²) in [4.78, 5) is 15.8. The number of pyridine rings is 1. The highest BCUT2D eigenvalue weighted by Crippen LogP contribution is 2.22. The summed E-state index contributed by atoms with van der Waals surface area (Å²) in [7, 11) is -3.58. The van der Waals surface area contributed by atoms with Gasteiger partial charge in [-0.25, -0.2) is 8.42 Å². The molecule has 3 aromatic rings. The molecule has 0 aliphatic carbocycles. The Morgan fingerprint density at radius 3 is 2.71 bits per heavy atom. The van der Waals surface area contributed by atoms with E-state index in [1.165, 1.54) is 4.52 Å². The molecular weight excluding hydrogens is 409 g/mol. The molecule has 0 atom stereocenters. The lowest BCUT2D eigenvalue weighted by Crippen LogP contribution is -2.11. The van der Waals surface area contributed by atoms with Gasteiger partial charge in [0.25, 0.3) is 10.9 Å². The normalized spacial score (nSPS) is 11.9. The first-order valence-electron chi connectivity index (χ1n) is 5.56. The first-order valence-corrected chi connectivity index (χ1v) is 8.53. The van der Waals surface area contributed by atoms with Crippen LogP contribution in [0.5, 0.6) is 0 Å². The average molecular weight is 417 g/mol. The zero-order valence-corrected chi connectivity index (χ0v) is 13.6. The Hall–Kier alpha value is -1.89. The molecule has 3 heterocycles. The van der Waals surface area contributed by atoms with Crippen molar-refractivity contribution in [1.29, 1.82) is 0 Å². The van der Waals surface area contributed by atoms with E-state index in [2.05, 4.69) is 47.6 Å². The fourth-order valence-electron chi connectivity index (χ4n) is 1.62. The lowest BCUT2D eigenvalue weighted by atomic mass is 10.3. The first-order chi connectivity index (χ1) is 9.86. The highest BCUT2D eigenvalue weighted by atomic mass is 127. The Balaban J connectivity index is 2.26. The quantitative estimate of drug-likeness (QED) is 0.585. The molecule has 0 saturated heterocycles. The second-order valence-electron chi connectivity index (χ2n) is 4.14. The summed E-state index contributed by atoms with van der Waals surface area (Å²) in [6.07, 6.45) is 4.28. The van der Waals surface area contributed by atoms with Gasteiger partial charge in [0.1, 0.15) is 0 Å². The maximum Gasteiger partial charge on any atom is 0.258 e. The van der Waals surface area contributed by atoms with Gasteiger partial charge in [-0.2, -0.15) is 19.5 Å². The van der Waals surface area contributed by atoms with Crippen LogP contribution >= 0.6 is 22.6 Å². The Labute approximate surface area is 132 Å². The van der Waals surface area contributed by atoms with Crippen molar-refractivity contribution in [3.63, 3.8) is 0 Å². The van der Waals surface area contributed by atoms with Gasteiger partial charge in [-0.15, -0.1) is 5.10 Å². The molecule has 0 saturated carbocycles. The van der Waals surface area contributed by atoms with Crippen molar-refractivity contribution in [3.8, 4) is 11.4 Å². The van der Waals surface area contributed by atoms with E-state index in [1.807, 2.05) is 0 Å². The van der Waals surface area contributed by atoms with Gasteiger partial charge in [0.15, 0.2) is 5.82 Å². The SMILES string of the molecule is CS(=O)(=O)c1nc(N)n2nc(-c3ccncc3I)nc2n1. The molecule has 9 nitrogen and oxygen atoms in total. The lowest BCUT2D eigenvalue weighted by molar-refractivity contribution is 0.592. The number of rotatable bonds is 2. The largest absolute Gasteiger partial charge is 0.368 e. The van der Waals surface area contributed by atoms with Crippen molar-refractivity contribution in [2.75, 3.05) is 12.0 Å². The fourth-order valence-corrected chi connectivity index (χ4v) is 2.71. The van der Waals surface area contributed by atoms with E-state index in [9.17, 15) is 8.42 Å². The van der Waals surface area contributed by atoms with Crippen LogP contribution in [0.3, 0.4) is 0 Å². The number of sulfone groups is 1. The predicted octanol–water partition coefficient (Wildman–Crippen LogP) is 0.172. The third-order valence-electron chi connectivity index (χ3n) is 2.56. The highest BCUT2D eigenvalue weighted by Gasteiger charge is 2.18.